The fourth-order valence-electron chi connectivity index (χ4n) is 5.16. The minimum atomic E-state index is 0.0690. The predicted octanol–water partition coefficient (Wildman–Crippen LogP) is 7.32. The molecule has 2 N–H and O–H groups in total. The largest absolute Gasteiger partial charge is 0.492 e. The van der Waals surface area contributed by atoms with Gasteiger partial charge in [0, 0.05) is 42.2 Å². The van der Waals surface area contributed by atoms with Gasteiger partial charge in [0.05, 0.1) is 0 Å². The highest BCUT2D eigenvalue weighted by atomic mass is 16.5. The summed E-state index contributed by atoms with van der Waals surface area (Å²) in [7, 11) is 0. The summed E-state index contributed by atoms with van der Waals surface area (Å²) < 4.78 is 5.95. The predicted molar refractivity (Wildman–Crippen MR) is 175 cm³/mol. The molecule has 1 saturated heterocycles. The van der Waals surface area contributed by atoms with Gasteiger partial charge in [-0.05, 0) is 93.4 Å². The Hall–Kier alpha value is -4.04. The lowest BCUT2D eigenvalue weighted by atomic mass is 9.87. The maximum Gasteiger partial charge on any atom is 0.230 e. The van der Waals surface area contributed by atoms with Crippen molar-refractivity contribution in [3.63, 3.8) is 0 Å². The van der Waals surface area contributed by atoms with E-state index in [1.54, 1.807) is 0 Å². The van der Waals surface area contributed by atoms with Gasteiger partial charge in [0.1, 0.15) is 29.8 Å². The van der Waals surface area contributed by atoms with Crippen molar-refractivity contribution < 1.29 is 4.74 Å². The normalized spacial score (nSPS) is 13.7. The summed E-state index contributed by atoms with van der Waals surface area (Å²) in [6, 6.07) is 16.9. The summed E-state index contributed by atoms with van der Waals surface area (Å²) in [5, 5.41) is 6.79. The number of nitrogens with one attached hydrogen (secondary N) is 2. The van der Waals surface area contributed by atoms with E-state index < -0.39 is 0 Å². The summed E-state index contributed by atoms with van der Waals surface area (Å²) in [5.74, 6) is 3.73. The number of benzene rings is 2. The number of hydrogen-bond donors (Lipinski definition) is 2. The Morgan fingerprint density at radius 1 is 0.837 bits per heavy atom. The lowest BCUT2D eigenvalue weighted by Gasteiger charge is -2.20. The zero-order valence-electron chi connectivity index (χ0n) is 26.3. The summed E-state index contributed by atoms with van der Waals surface area (Å²) in [6.07, 6.45) is 9.02. The molecule has 2 aromatic carbocycles. The number of aryl methyl sites for hydroxylation is 4. The first-order chi connectivity index (χ1) is 20.7. The van der Waals surface area contributed by atoms with Crippen LogP contribution in [0.1, 0.15) is 68.1 Å². The highest BCUT2D eigenvalue weighted by Gasteiger charge is 2.15. The Morgan fingerprint density at radius 2 is 1.56 bits per heavy atom. The molecule has 3 heterocycles. The molecule has 1 aliphatic heterocycles. The van der Waals surface area contributed by atoms with Crippen LogP contribution in [0, 0.1) is 13.8 Å². The Balaban J connectivity index is 1.15. The fourth-order valence-corrected chi connectivity index (χ4v) is 5.16. The van der Waals surface area contributed by atoms with Crippen LogP contribution in [0.5, 0.6) is 5.75 Å². The third-order valence-corrected chi connectivity index (χ3v) is 7.88. The van der Waals surface area contributed by atoms with Crippen LogP contribution in [0.15, 0.2) is 60.9 Å². The lowest BCUT2D eigenvalue weighted by Crippen LogP contribution is -2.25. The Bertz CT molecular complexity index is 1490. The maximum atomic E-state index is 5.95. The molecule has 0 saturated carbocycles. The Labute approximate surface area is 256 Å². The number of hydrogen-bond acceptors (Lipinski definition) is 8. The van der Waals surface area contributed by atoms with Crippen LogP contribution in [0.2, 0.25) is 0 Å². The van der Waals surface area contributed by atoms with Crippen molar-refractivity contribution in [2.75, 3.05) is 36.9 Å². The monoisotopic (exact) mass is 579 g/mol. The van der Waals surface area contributed by atoms with Gasteiger partial charge in [0.15, 0.2) is 0 Å². The van der Waals surface area contributed by atoms with Gasteiger partial charge >= 0.3 is 0 Å². The van der Waals surface area contributed by atoms with Gasteiger partial charge in [-0.1, -0.05) is 45.0 Å². The molecule has 43 heavy (non-hydrogen) atoms. The van der Waals surface area contributed by atoms with E-state index in [0.29, 0.717) is 5.95 Å². The van der Waals surface area contributed by atoms with Crippen LogP contribution in [0.3, 0.4) is 0 Å². The van der Waals surface area contributed by atoms with Crippen molar-refractivity contribution in [2.24, 2.45) is 0 Å². The van der Waals surface area contributed by atoms with Crippen LogP contribution >= 0.6 is 0 Å². The molecule has 5 rings (SSSR count). The molecule has 226 valence electrons. The first-order valence-electron chi connectivity index (χ1n) is 15.5. The molecule has 2 aromatic heterocycles. The van der Waals surface area contributed by atoms with Crippen molar-refractivity contribution in [3.8, 4) is 5.75 Å². The van der Waals surface area contributed by atoms with Crippen LogP contribution < -0.4 is 15.4 Å². The topological polar surface area (TPSA) is 88.1 Å². The Kier molecular flexibility index (Phi) is 9.87. The summed E-state index contributed by atoms with van der Waals surface area (Å²) >= 11 is 0. The van der Waals surface area contributed by atoms with Crippen molar-refractivity contribution >= 4 is 23.3 Å². The third kappa shape index (κ3) is 8.74. The summed E-state index contributed by atoms with van der Waals surface area (Å²) in [5.41, 5.74) is 5.54. The van der Waals surface area contributed by atoms with Gasteiger partial charge < -0.3 is 15.4 Å². The first kappa shape index (κ1) is 30.4. The summed E-state index contributed by atoms with van der Waals surface area (Å²) in [4.78, 5) is 21.1. The van der Waals surface area contributed by atoms with Gasteiger partial charge in [-0.2, -0.15) is 4.98 Å². The minimum Gasteiger partial charge on any atom is -0.492 e. The lowest BCUT2D eigenvalue weighted by molar-refractivity contribution is 0.238. The van der Waals surface area contributed by atoms with Gasteiger partial charge in [-0.15, -0.1) is 0 Å². The van der Waals surface area contributed by atoms with E-state index in [9.17, 15) is 0 Å². The van der Waals surface area contributed by atoms with Crippen LogP contribution in [0.4, 0.5) is 23.3 Å². The van der Waals surface area contributed by atoms with E-state index in [-0.39, 0.29) is 5.41 Å². The van der Waals surface area contributed by atoms with Crippen LogP contribution in [-0.2, 0) is 18.3 Å². The smallest absolute Gasteiger partial charge is 0.230 e. The quantitative estimate of drug-likeness (QED) is 0.181. The van der Waals surface area contributed by atoms with Gasteiger partial charge in [-0.25, -0.2) is 15.0 Å². The molecule has 0 amide bonds. The van der Waals surface area contributed by atoms with E-state index in [4.69, 9.17) is 14.7 Å². The minimum absolute atomic E-state index is 0.0690. The maximum absolute atomic E-state index is 5.95. The average Bonchev–Trinajstić information content (AvgIpc) is 3.51. The van der Waals surface area contributed by atoms with E-state index >= 15 is 0 Å². The zero-order valence-corrected chi connectivity index (χ0v) is 26.3. The Morgan fingerprint density at radius 3 is 2.30 bits per heavy atom. The molecule has 8 nitrogen and oxygen atoms in total. The number of anilines is 4. The van der Waals surface area contributed by atoms with E-state index in [2.05, 4.69) is 94.8 Å². The molecule has 1 fully saturated rings. The molecule has 1 aliphatic rings. The zero-order chi connectivity index (χ0) is 30.2. The van der Waals surface area contributed by atoms with E-state index in [1.807, 2.05) is 26.2 Å². The third-order valence-electron chi connectivity index (χ3n) is 7.88. The number of likely N-dealkylation sites (tertiary alicyclic amines) is 1. The van der Waals surface area contributed by atoms with Crippen molar-refractivity contribution in [1.29, 1.82) is 0 Å². The molecule has 0 aliphatic carbocycles. The van der Waals surface area contributed by atoms with Crippen molar-refractivity contribution in [1.82, 2.24) is 24.8 Å². The molecule has 0 radical (unpaired) electrons. The van der Waals surface area contributed by atoms with E-state index in [0.717, 1.165) is 72.4 Å². The average molecular weight is 580 g/mol. The van der Waals surface area contributed by atoms with Crippen LogP contribution in [0.25, 0.3) is 0 Å². The molecule has 8 heteroatoms. The fraction of sp³-hybridized carbons (Fsp3) is 0.429. The van der Waals surface area contributed by atoms with E-state index in [1.165, 1.54) is 37.1 Å². The van der Waals surface area contributed by atoms with Crippen molar-refractivity contribution in [3.05, 3.63) is 89.0 Å². The molecular formula is C35H45N7O. The molecule has 4 aromatic rings. The van der Waals surface area contributed by atoms with Gasteiger partial charge in [0.25, 0.3) is 0 Å². The van der Waals surface area contributed by atoms with Gasteiger partial charge in [-0.3, -0.25) is 4.90 Å². The second-order valence-corrected chi connectivity index (χ2v) is 12.5. The molecule has 0 unspecified atom stereocenters. The number of ether oxygens (including phenoxy) is 1. The van der Waals surface area contributed by atoms with Gasteiger partial charge in [0.2, 0.25) is 5.95 Å². The molecule has 0 atom stereocenters. The highest BCUT2D eigenvalue weighted by molar-refractivity contribution is 5.62. The second-order valence-electron chi connectivity index (χ2n) is 12.5. The number of nitrogens with zero attached hydrogens (tertiary/aromatic N) is 5. The van der Waals surface area contributed by atoms with Crippen LogP contribution in [-0.4, -0.2) is 51.1 Å². The summed E-state index contributed by atoms with van der Waals surface area (Å²) in [6.45, 7) is 14.8. The number of aromatic nitrogens is 4. The number of rotatable bonds is 12. The highest BCUT2D eigenvalue weighted by Crippen LogP contribution is 2.27. The second kappa shape index (κ2) is 14.0. The SMILES string of the molecule is Cc1cnc(Nc2nc(CCCc3ccc(OCCN4CCCC4)cc3)ncc2C)nc1Nc1cccc(C(C)(C)C)c1. The molecular weight excluding hydrogens is 534 g/mol. The van der Waals surface area contributed by atoms with Crippen molar-refractivity contribution in [2.45, 2.75) is 72.1 Å². The molecule has 0 spiro atoms. The molecule has 0 bridgehead atoms. The standard InChI is InChI=1S/C35H45N7O/c1-25-23-36-31(13-8-10-27-14-16-30(17-15-27)43-21-20-42-18-6-7-19-42)39-33(25)41-34-37-24-26(2)32(40-34)38-29-12-9-11-28(22-29)35(3,4)5/h9,11-12,14-17,22-24H,6-8,10,13,18-21H2,1-5H3,(H2,36,37,38,39,40,41). The first-order valence-corrected chi connectivity index (χ1v) is 15.5.